The molecule has 0 aliphatic heterocycles. The van der Waals surface area contributed by atoms with Crippen molar-refractivity contribution in [1.82, 2.24) is 30.2 Å². The molecule has 0 aliphatic carbocycles. The van der Waals surface area contributed by atoms with Gasteiger partial charge >= 0.3 is 0 Å². The number of nitrogens with one attached hydrogen (secondary N) is 4. The average Bonchev–Trinajstić information content (AvgIpc) is 3.38. The van der Waals surface area contributed by atoms with Crippen molar-refractivity contribution in [2.75, 3.05) is 30.3 Å². The van der Waals surface area contributed by atoms with Crippen LogP contribution in [-0.4, -0.2) is 55.6 Å². The Hall–Kier alpha value is -4.31. The van der Waals surface area contributed by atoms with Crippen molar-refractivity contribution in [3.8, 4) is 11.3 Å². The number of aromatic nitrogens is 5. The molecule has 4 aromatic rings. The van der Waals surface area contributed by atoms with E-state index in [1.807, 2.05) is 36.5 Å². The first kappa shape index (κ1) is 22.9. The number of hydrogen-bond donors (Lipinski definition) is 5. The highest BCUT2D eigenvalue weighted by Crippen LogP contribution is 2.21. The van der Waals surface area contributed by atoms with Crippen LogP contribution in [0.15, 0.2) is 67.4 Å². The van der Waals surface area contributed by atoms with E-state index in [9.17, 15) is 4.79 Å². The number of H-pyrrole nitrogens is 1. The summed E-state index contributed by atoms with van der Waals surface area (Å²) in [6.07, 6.45) is 8.12. The van der Waals surface area contributed by atoms with E-state index in [1.165, 1.54) is 0 Å². The fourth-order valence-corrected chi connectivity index (χ4v) is 3.26. The lowest BCUT2D eigenvalue weighted by molar-refractivity contribution is 0.0954. The smallest absolute Gasteiger partial charge is 0.251 e. The van der Waals surface area contributed by atoms with Crippen LogP contribution in [-0.2, 0) is 6.42 Å². The van der Waals surface area contributed by atoms with Gasteiger partial charge in [-0.2, -0.15) is 0 Å². The first-order valence-electron chi connectivity index (χ1n) is 11.0. The minimum absolute atomic E-state index is 0.127. The van der Waals surface area contributed by atoms with E-state index >= 15 is 0 Å². The van der Waals surface area contributed by atoms with Gasteiger partial charge in [0.15, 0.2) is 0 Å². The SMILES string of the molecule is O=C(NCCc1c[nH]cn1)c1cccc(Nc2nccc(-c3ccnc(NCCCO)c3)n2)c1. The van der Waals surface area contributed by atoms with Crippen LogP contribution in [0, 0.1) is 0 Å². The van der Waals surface area contributed by atoms with Gasteiger partial charge < -0.3 is 26.0 Å². The Morgan fingerprint density at radius 2 is 1.94 bits per heavy atom. The molecule has 0 radical (unpaired) electrons. The lowest BCUT2D eigenvalue weighted by Gasteiger charge is -2.10. The number of nitrogens with zero attached hydrogens (tertiary/aromatic N) is 4. The summed E-state index contributed by atoms with van der Waals surface area (Å²) in [5.41, 5.74) is 3.76. The van der Waals surface area contributed by atoms with E-state index in [0.29, 0.717) is 48.9 Å². The Kier molecular flexibility index (Phi) is 7.75. The first-order valence-corrected chi connectivity index (χ1v) is 11.0. The Morgan fingerprint density at radius 3 is 2.79 bits per heavy atom. The van der Waals surface area contributed by atoms with Gasteiger partial charge in [-0.25, -0.2) is 19.9 Å². The Morgan fingerprint density at radius 1 is 1.03 bits per heavy atom. The predicted octanol–water partition coefficient (Wildman–Crippen LogP) is 2.77. The molecule has 174 valence electrons. The van der Waals surface area contributed by atoms with E-state index in [2.05, 4.69) is 40.9 Å². The number of aliphatic hydroxyl groups excluding tert-OH is 1. The lowest BCUT2D eigenvalue weighted by atomic mass is 10.2. The molecule has 1 aromatic carbocycles. The number of benzene rings is 1. The maximum Gasteiger partial charge on any atom is 0.251 e. The van der Waals surface area contributed by atoms with Gasteiger partial charge in [-0.1, -0.05) is 6.07 Å². The van der Waals surface area contributed by atoms with E-state index in [-0.39, 0.29) is 12.5 Å². The molecular formula is C24H26N8O2. The van der Waals surface area contributed by atoms with Crippen LogP contribution in [0.2, 0.25) is 0 Å². The molecule has 0 spiro atoms. The zero-order valence-electron chi connectivity index (χ0n) is 18.5. The minimum Gasteiger partial charge on any atom is -0.396 e. The second-order valence-corrected chi connectivity index (χ2v) is 7.47. The molecule has 3 aromatic heterocycles. The lowest BCUT2D eigenvalue weighted by Crippen LogP contribution is -2.25. The number of carbonyl (C=O) groups excluding carboxylic acids is 1. The van der Waals surface area contributed by atoms with Crippen molar-refractivity contribution in [3.63, 3.8) is 0 Å². The van der Waals surface area contributed by atoms with Gasteiger partial charge in [0.05, 0.1) is 17.7 Å². The third-order valence-corrected chi connectivity index (χ3v) is 4.95. The summed E-state index contributed by atoms with van der Waals surface area (Å²) >= 11 is 0. The van der Waals surface area contributed by atoms with Crippen molar-refractivity contribution >= 4 is 23.4 Å². The van der Waals surface area contributed by atoms with Gasteiger partial charge in [0.25, 0.3) is 5.91 Å². The number of amides is 1. The minimum atomic E-state index is -0.160. The molecule has 5 N–H and O–H groups in total. The highest BCUT2D eigenvalue weighted by atomic mass is 16.3. The Labute approximate surface area is 196 Å². The fraction of sp³-hybridized carbons (Fsp3) is 0.208. The van der Waals surface area contributed by atoms with Crippen molar-refractivity contribution in [2.45, 2.75) is 12.8 Å². The molecule has 3 heterocycles. The molecule has 10 nitrogen and oxygen atoms in total. The van der Waals surface area contributed by atoms with Crippen molar-refractivity contribution in [1.29, 1.82) is 0 Å². The molecule has 0 fully saturated rings. The largest absolute Gasteiger partial charge is 0.396 e. The quantitative estimate of drug-likeness (QED) is 0.216. The summed E-state index contributed by atoms with van der Waals surface area (Å²) in [5.74, 6) is 0.970. The number of aliphatic hydroxyl groups is 1. The molecule has 1 amide bonds. The summed E-state index contributed by atoms with van der Waals surface area (Å²) in [5, 5.41) is 18.2. The monoisotopic (exact) mass is 458 g/mol. The number of carbonyl (C=O) groups is 1. The molecule has 0 atom stereocenters. The van der Waals surface area contributed by atoms with Crippen LogP contribution in [0.3, 0.4) is 0 Å². The molecule has 10 heteroatoms. The van der Waals surface area contributed by atoms with Crippen LogP contribution < -0.4 is 16.0 Å². The van der Waals surface area contributed by atoms with Gasteiger partial charge in [0.1, 0.15) is 5.82 Å². The van der Waals surface area contributed by atoms with E-state index in [4.69, 9.17) is 5.11 Å². The van der Waals surface area contributed by atoms with Crippen LogP contribution in [0.25, 0.3) is 11.3 Å². The van der Waals surface area contributed by atoms with Crippen molar-refractivity contribution in [3.05, 3.63) is 78.6 Å². The summed E-state index contributed by atoms with van der Waals surface area (Å²) in [4.78, 5) is 32.8. The van der Waals surface area contributed by atoms with Crippen LogP contribution in [0.5, 0.6) is 0 Å². The summed E-state index contributed by atoms with van der Waals surface area (Å²) in [6.45, 7) is 1.26. The van der Waals surface area contributed by atoms with E-state index in [0.717, 1.165) is 17.0 Å². The van der Waals surface area contributed by atoms with E-state index < -0.39 is 0 Å². The third kappa shape index (κ3) is 6.36. The number of pyridine rings is 1. The summed E-state index contributed by atoms with van der Waals surface area (Å²) < 4.78 is 0. The molecule has 4 rings (SSSR count). The van der Waals surface area contributed by atoms with Gasteiger partial charge in [0.2, 0.25) is 5.95 Å². The van der Waals surface area contributed by atoms with Gasteiger partial charge in [-0.15, -0.1) is 0 Å². The van der Waals surface area contributed by atoms with Gasteiger partial charge in [-0.3, -0.25) is 4.79 Å². The molecule has 34 heavy (non-hydrogen) atoms. The highest BCUT2D eigenvalue weighted by Gasteiger charge is 2.08. The molecule has 0 saturated heterocycles. The normalized spacial score (nSPS) is 10.6. The molecule has 0 aliphatic rings. The summed E-state index contributed by atoms with van der Waals surface area (Å²) in [7, 11) is 0. The van der Waals surface area contributed by atoms with Crippen molar-refractivity contribution in [2.24, 2.45) is 0 Å². The third-order valence-electron chi connectivity index (χ3n) is 4.95. The predicted molar refractivity (Wildman–Crippen MR) is 130 cm³/mol. The molecular weight excluding hydrogens is 432 g/mol. The number of anilines is 3. The Bertz CT molecular complexity index is 1210. The van der Waals surface area contributed by atoms with Gasteiger partial charge in [-0.05, 0) is 42.8 Å². The van der Waals surface area contributed by atoms with Crippen molar-refractivity contribution < 1.29 is 9.90 Å². The number of hydrogen-bond acceptors (Lipinski definition) is 8. The topological polar surface area (TPSA) is 141 Å². The highest BCUT2D eigenvalue weighted by molar-refractivity contribution is 5.95. The van der Waals surface area contributed by atoms with Crippen LogP contribution in [0.4, 0.5) is 17.5 Å². The maximum atomic E-state index is 12.5. The van der Waals surface area contributed by atoms with Crippen LogP contribution in [0.1, 0.15) is 22.5 Å². The fourth-order valence-electron chi connectivity index (χ4n) is 3.26. The summed E-state index contributed by atoms with van der Waals surface area (Å²) in [6, 6.07) is 12.8. The zero-order valence-corrected chi connectivity index (χ0v) is 18.5. The number of imidazole rings is 1. The molecule has 0 bridgehead atoms. The standard InChI is InChI=1S/C24H26N8O2/c33-12-2-8-26-22-14-17(5-9-27-22)21-7-11-29-24(32-21)31-19-4-1-3-18(13-19)23(34)28-10-6-20-15-25-16-30-20/h1,3-5,7,9,11,13-16,33H,2,6,8,10,12H2,(H,25,30)(H,26,27)(H,28,34)(H,29,31,32). The number of rotatable bonds is 11. The second kappa shape index (κ2) is 11.5. The zero-order chi connectivity index (χ0) is 23.6. The average molecular weight is 459 g/mol. The van der Waals surface area contributed by atoms with Crippen LogP contribution >= 0.6 is 0 Å². The van der Waals surface area contributed by atoms with Gasteiger partial charge in [0, 0.05) is 61.5 Å². The molecule has 0 saturated carbocycles. The van der Waals surface area contributed by atoms with E-state index in [1.54, 1.807) is 30.9 Å². The second-order valence-electron chi connectivity index (χ2n) is 7.47. The first-order chi connectivity index (χ1) is 16.7. The Balaban J connectivity index is 1.40. The molecule has 0 unspecified atom stereocenters. The maximum absolute atomic E-state index is 12.5. The number of aromatic amines is 1.